The first-order chi connectivity index (χ1) is 26.2. The maximum atomic E-state index is 13.3. The maximum Gasteiger partial charge on any atom is 0.189 e. The molecule has 8 aliphatic carbocycles. The van der Waals surface area contributed by atoms with E-state index in [1.807, 2.05) is 0 Å². The summed E-state index contributed by atoms with van der Waals surface area (Å²) in [6.45, 7) is 0. The van der Waals surface area contributed by atoms with Crippen molar-refractivity contribution >= 4 is 16.9 Å². The molecule has 14 atom stereocenters. The number of allylic oxidation sites excluding steroid dienone is 2. The molecule has 6 saturated carbocycles. The largest absolute Gasteiger partial charge is 0.390 e. The molecule has 3 aromatic rings. The molecule has 8 heteroatoms. The monoisotopic (exact) mass is 727 g/mol. The second kappa shape index (κ2) is 11.8. The Bertz CT molecular complexity index is 2080. The fourth-order valence-electron chi connectivity index (χ4n) is 15.9. The molecule has 1 aromatic carbocycles. The molecular formula is C46H57N5O3. The van der Waals surface area contributed by atoms with Crippen LogP contribution in [0.5, 0.6) is 0 Å². The molecule has 11 rings (SSSR count). The highest BCUT2D eigenvalue weighted by molar-refractivity contribution is 5.80. The summed E-state index contributed by atoms with van der Waals surface area (Å²) in [5.41, 5.74) is 10.9. The van der Waals surface area contributed by atoms with E-state index in [0.717, 1.165) is 57.8 Å². The Morgan fingerprint density at radius 2 is 1.81 bits per heavy atom. The number of fused-ring (bicyclic) bond motifs is 3. The van der Waals surface area contributed by atoms with Gasteiger partial charge < -0.3 is 36.3 Å². The van der Waals surface area contributed by atoms with Gasteiger partial charge in [-0.15, -0.1) is 0 Å². The minimum atomic E-state index is -1.41. The van der Waals surface area contributed by atoms with Gasteiger partial charge in [-0.3, -0.25) is 4.99 Å². The number of aromatic amines is 2. The second-order valence-electron chi connectivity index (χ2n) is 19.2. The van der Waals surface area contributed by atoms with Crippen molar-refractivity contribution in [2.75, 3.05) is 7.05 Å². The Morgan fingerprint density at radius 3 is 2.65 bits per heavy atom. The number of aliphatic imine (C=N–C) groups is 1. The third-order valence-electron chi connectivity index (χ3n) is 17.5. The number of nitrogens with zero attached hydrogens (tertiary/aromatic N) is 1. The van der Waals surface area contributed by atoms with Crippen LogP contribution in [0.3, 0.4) is 0 Å². The predicted molar refractivity (Wildman–Crippen MR) is 210 cm³/mol. The van der Waals surface area contributed by atoms with Crippen molar-refractivity contribution in [3.8, 4) is 11.8 Å². The Kier molecular flexibility index (Phi) is 7.36. The molecule has 2 spiro atoms. The Morgan fingerprint density at radius 1 is 0.944 bits per heavy atom. The number of hydrogen-bond donors (Lipinski definition) is 7. The summed E-state index contributed by atoms with van der Waals surface area (Å²) in [4.78, 5) is 11.8. The van der Waals surface area contributed by atoms with E-state index in [1.165, 1.54) is 41.6 Å². The van der Waals surface area contributed by atoms with Crippen LogP contribution in [0.15, 0.2) is 64.8 Å². The van der Waals surface area contributed by atoms with Crippen LogP contribution in [0.4, 0.5) is 0 Å². The average molecular weight is 728 g/mol. The third-order valence-corrected chi connectivity index (χ3v) is 17.5. The molecule has 8 N–H and O–H groups in total. The van der Waals surface area contributed by atoms with Gasteiger partial charge in [0.25, 0.3) is 0 Å². The van der Waals surface area contributed by atoms with Gasteiger partial charge in [-0.05, 0) is 141 Å². The van der Waals surface area contributed by atoms with Crippen molar-refractivity contribution in [1.29, 1.82) is 0 Å². The summed E-state index contributed by atoms with van der Waals surface area (Å²) in [7, 11) is 1.67. The Hall–Kier alpha value is -3.51. The van der Waals surface area contributed by atoms with E-state index in [9.17, 15) is 15.3 Å². The van der Waals surface area contributed by atoms with Crippen LogP contribution in [0.1, 0.15) is 101 Å². The van der Waals surface area contributed by atoms with E-state index in [2.05, 4.69) is 80.8 Å². The lowest BCUT2D eigenvalue weighted by atomic mass is 9.40. The van der Waals surface area contributed by atoms with Crippen molar-refractivity contribution in [1.82, 2.24) is 15.3 Å². The summed E-state index contributed by atoms with van der Waals surface area (Å²) in [6.07, 6.45) is 14.4. The van der Waals surface area contributed by atoms with Crippen molar-refractivity contribution in [3.05, 3.63) is 71.2 Å². The van der Waals surface area contributed by atoms with E-state index < -0.39 is 23.3 Å². The number of hydrogen-bond acceptors (Lipinski definition) is 4. The number of H-pyrrole nitrogens is 2. The van der Waals surface area contributed by atoms with Crippen LogP contribution >= 0.6 is 0 Å². The van der Waals surface area contributed by atoms with E-state index in [4.69, 9.17) is 5.73 Å². The molecule has 8 bridgehead atoms. The van der Waals surface area contributed by atoms with Gasteiger partial charge in [0.2, 0.25) is 0 Å². The van der Waals surface area contributed by atoms with Crippen LogP contribution in [-0.4, -0.2) is 61.6 Å². The van der Waals surface area contributed by atoms with Gasteiger partial charge in [0.05, 0.1) is 23.3 Å². The maximum absolute atomic E-state index is 13.3. The predicted octanol–water partition coefficient (Wildman–Crippen LogP) is 6.31. The van der Waals surface area contributed by atoms with Gasteiger partial charge >= 0.3 is 0 Å². The normalized spacial score (nSPS) is 46.0. The van der Waals surface area contributed by atoms with Crippen LogP contribution in [-0.2, 0) is 6.42 Å². The number of guanidine groups is 1. The number of aliphatic hydroxyl groups is 3. The summed E-state index contributed by atoms with van der Waals surface area (Å²) < 4.78 is 0. The first kappa shape index (κ1) is 33.8. The highest BCUT2D eigenvalue weighted by Gasteiger charge is 2.76. The molecule has 14 unspecified atom stereocenters. The molecule has 0 radical (unpaired) electrons. The molecule has 0 amide bonds. The van der Waals surface area contributed by atoms with Gasteiger partial charge in [0.15, 0.2) is 5.96 Å². The van der Waals surface area contributed by atoms with Gasteiger partial charge in [-0.1, -0.05) is 47.6 Å². The number of aliphatic hydroxyl groups excluding tert-OH is 1. The minimum Gasteiger partial charge on any atom is -0.390 e. The first-order valence-corrected chi connectivity index (χ1v) is 21.2. The number of para-hydroxylation sites is 1. The number of aromatic nitrogens is 2. The molecule has 2 aromatic heterocycles. The van der Waals surface area contributed by atoms with Gasteiger partial charge in [0.1, 0.15) is 0 Å². The summed E-state index contributed by atoms with van der Waals surface area (Å²) >= 11 is 0. The van der Waals surface area contributed by atoms with Crippen molar-refractivity contribution in [3.63, 3.8) is 0 Å². The van der Waals surface area contributed by atoms with Crippen LogP contribution in [0.2, 0.25) is 0 Å². The minimum absolute atomic E-state index is 0.0736. The molecular weight excluding hydrogens is 671 g/mol. The summed E-state index contributed by atoms with van der Waals surface area (Å²) in [5.74, 6) is 9.44. The molecule has 284 valence electrons. The zero-order chi connectivity index (χ0) is 36.6. The highest BCUT2D eigenvalue weighted by Crippen LogP contribution is 2.77. The molecule has 0 saturated heterocycles. The van der Waals surface area contributed by atoms with Gasteiger partial charge in [-0.2, -0.15) is 0 Å². The van der Waals surface area contributed by atoms with E-state index in [0.29, 0.717) is 24.2 Å². The Labute approximate surface area is 318 Å². The lowest BCUT2D eigenvalue weighted by molar-refractivity contribution is -0.151. The fraction of sp³-hybridized carbons (Fsp3) is 0.630. The number of rotatable bonds is 4. The highest BCUT2D eigenvalue weighted by atomic mass is 16.3. The van der Waals surface area contributed by atoms with Gasteiger partial charge in [-0.25, -0.2) is 0 Å². The lowest BCUT2D eigenvalue weighted by Gasteiger charge is -2.64. The summed E-state index contributed by atoms with van der Waals surface area (Å²) in [5, 5.41) is 43.3. The van der Waals surface area contributed by atoms with Crippen LogP contribution in [0, 0.1) is 64.1 Å². The zero-order valence-corrected chi connectivity index (χ0v) is 31.7. The SMILES string of the molecule is CN=C(N)NC1C#CC2CC34CCC(C3)C(c3ccc[nH]3)CCC4=C(Cc3cc4ccccc4[nH]3)C23C2CCCC4(O)C5CC(O)C(O)(C1)C5C3CCC24. The number of benzene rings is 1. The van der Waals surface area contributed by atoms with E-state index in [1.54, 1.807) is 18.2 Å². The lowest BCUT2D eigenvalue weighted by Crippen LogP contribution is -2.60. The number of nitrogens with two attached hydrogens (primary N) is 1. The molecule has 54 heavy (non-hydrogen) atoms. The van der Waals surface area contributed by atoms with Crippen LogP contribution in [0.25, 0.3) is 10.9 Å². The standard InChI is InChI=1S/C46H57N5O3/c1-48-42(47)51-29-11-10-28-24-43-18-16-27(23-43)31(39-9-5-19-49-39)12-13-32(43)36(21-30-20-26-6-2-3-8-38(26)50-30)46(28)34-7-4-17-44(53)33(34)14-15-35(46)41-37(44)22-40(52)45(41,54)25-29/h2-3,5-6,8-9,19-20,27-29,31,33-35,37,40-41,49-50,52-54H,4,7,12-18,21-25H2,1H3,(H3,47,48,51). The van der Waals surface area contributed by atoms with Crippen molar-refractivity contribution in [2.45, 2.75) is 119 Å². The van der Waals surface area contributed by atoms with E-state index in [-0.39, 0.29) is 52.8 Å². The third kappa shape index (κ3) is 4.41. The zero-order valence-electron chi connectivity index (χ0n) is 31.7. The second-order valence-corrected chi connectivity index (χ2v) is 19.2. The fourth-order valence-corrected chi connectivity index (χ4v) is 15.9. The summed E-state index contributed by atoms with van der Waals surface area (Å²) in [6, 6.07) is 15.1. The molecule has 2 heterocycles. The smallest absolute Gasteiger partial charge is 0.189 e. The topological polar surface area (TPSA) is 143 Å². The molecule has 8 nitrogen and oxygen atoms in total. The van der Waals surface area contributed by atoms with Crippen molar-refractivity contribution in [2.24, 2.45) is 63.0 Å². The molecule has 8 aliphatic rings. The average Bonchev–Trinajstić information content (AvgIpc) is 3.94. The van der Waals surface area contributed by atoms with Gasteiger partial charge in [0, 0.05) is 60.2 Å². The number of nitrogens with one attached hydrogen (secondary N) is 3. The molecule has 0 aliphatic heterocycles. The van der Waals surface area contributed by atoms with Crippen LogP contribution < -0.4 is 11.1 Å². The van der Waals surface area contributed by atoms with Crippen molar-refractivity contribution < 1.29 is 15.3 Å². The molecule has 6 fully saturated rings. The first-order valence-electron chi connectivity index (χ1n) is 21.2. The Balaban J connectivity index is 1.19. The van der Waals surface area contributed by atoms with E-state index >= 15 is 0 Å². The quantitative estimate of drug-likeness (QED) is 0.0730.